The van der Waals surface area contributed by atoms with Crippen molar-refractivity contribution in [3.63, 3.8) is 0 Å². The molecule has 0 heterocycles. The predicted octanol–water partition coefficient (Wildman–Crippen LogP) is 5.23. The minimum absolute atomic E-state index is 0.121. The van der Waals surface area contributed by atoms with Gasteiger partial charge in [-0.05, 0) is 35.8 Å². The van der Waals surface area contributed by atoms with Gasteiger partial charge in [0.2, 0.25) is 8.32 Å². The first-order valence-electron chi connectivity index (χ1n) is 8.37. The Balaban J connectivity index is 2.85. The van der Waals surface area contributed by atoms with Crippen molar-refractivity contribution in [1.82, 2.24) is 0 Å². The van der Waals surface area contributed by atoms with E-state index in [9.17, 15) is 9.36 Å². The molecule has 0 aliphatic rings. The van der Waals surface area contributed by atoms with Gasteiger partial charge in [0, 0.05) is 20.1 Å². The highest BCUT2D eigenvalue weighted by Crippen LogP contribution is 2.47. The largest absolute Gasteiger partial charge is 0.544 e. The van der Waals surface area contributed by atoms with Gasteiger partial charge in [0.15, 0.2) is 5.78 Å². The van der Waals surface area contributed by atoms with Crippen molar-refractivity contribution in [2.24, 2.45) is 0 Å². The number of ketones is 1. The van der Waals surface area contributed by atoms with Gasteiger partial charge in [-0.15, -0.1) is 0 Å². The molecule has 5 nitrogen and oxygen atoms in total. The Morgan fingerprint density at radius 1 is 1.12 bits per heavy atom. The van der Waals surface area contributed by atoms with Crippen LogP contribution in [0.15, 0.2) is 24.3 Å². The Morgan fingerprint density at radius 2 is 1.60 bits per heavy atom. The number of hydrogen-bond acceptors (Lipinski definition) is 5. The van der Waals surface area contributed by atoms with Crippen LogP contribution in [-0.4, -0.2) is 34.5 Å². The number of Topliss-reactive ketones (excluding diaryl/α,β-unsaturated/α-hetero) is 1. The van der Waals surface area contributed by atoms with Gasteiger partial charge in [-0.3, -0.25) is 9.36 Å². The smallest absolute Gasteiger partial charge is 0.337 e. The molecule has 0 spiro atoms. The zero-order valence-electron chi connectivity index (χ0n) is 16.6. The second-order valence-corrected chi connectivity index (χ2v) is 14.7. The predicted molar refractivity (Wildman–Crippen MR) is 104 cm³/mol. The molecule has 0 N–H and O–H groups in total. The Bertz CT molecular complexity index is 626. The summed E-state index contributed by atoms with van der Waals surface area (Å²) in [5.41, 5.74) is 0.853. The van der Waals surface area contributed by atoms with Gasteiger partial charge in [0.1, 0.15) is 11.9 Å². The summed E-state index contributed by atoms with van der Waals surface area (Å²) < 4.78 is 28.1. The van der Waals surface area contributed by atoms with Gasteiger partial charge in [-0.2, -0.15) is 0 Å². The maximum Gasteiger partial charge on any atom is 0.337 e. The molecule has 25 heavy (non-hydrogen) atoms. The third-order valence-corrected chi connectivity index (χ3v) is 11.1. The first-order chi connectivity index (χ1) is 11.3. The molecule has 142 valence electrons. The summed E-state index contributed by atoms with van der Waals surface area (Å²) in [6.07, 6.45) is -0.233. The molecule has 0 amide bonds. The summed E-state index contributed by atoms with van der Waals surface area (Å²) in [7, 11) is -2.65. The SMILES string of the molecule is COP(=O)(CC(=O)C(C)c1ccc(O[Si](C)(C)C(C)(C)C)cc1)OC. The summed E-state index contributed by atoms with van der Waals surface area (Å²) in [4.78, 5) is 12.4. The Hall–Kier alpha value is -0.943. The van der Waals surface area contributed by atoms with Crippen LogP contribution in [0.1, 0.15) is 39.2 Å². The number of benzene rings is 1. The number of carbonyl (C=O) groups excluding carboxylic acids is 1. The van der Waals surface area contributed by atoms with Crippen LogP contribution >= 0.6 is 7.60 Å². The Morgan fingerprint density at radius 3 is 2.00 bits per heavy atom. The van der Waals surface area contributed by atoms with E-state index < -0.39 is 15.9 Å². The fourth-order valence-electron chi connectivity index (χ4n) is 1.99. The minimum Gasteiger partial charge on any atom is -0.544 e. The van der Waals surface area contributed by atoms with Crippen LogP contribution in [-0.2, 0) is 18.4 Å². The van der Waals surface area contributed by atoms with E-state index in [1.54, 1.807) is 6.92 Å². The van der Waals surface area contributed by atoms with E-state index in [0.717, 1.165) is 11.3 Å². The first-order valence-corrected chi connectivity index (χ1v) is 13.0. The van der Waals surface area contributed by atoms with Crippen molar-refractivity contribution in [3.05, 3.63) is 29.8 Å². The fraction of sp³-hybridized carbons (Fsp3) is 0.611. The average molecular weight is 387 g/mol. The lowest BCUT2D eigenvalue weighted by Crippen LogP contribution is -2.43. The van der Waals surface area contributed by atoms with E-state index in [2.05, 4.69) is 33.9 Å². The summed E-state index contributed by atoms with van der Waals surface area (Å²) in [6.45, 7) is 12.8. The highest BCUT2D eigenvalue weighted by atomic mass is 31.2. The maximum atomic E-state index is 12.4. The van der Waals surface area contributed by atoms with Gasteiger partial charge >= 0.3 is 7.60 Å². The highest BCUT2D eigenvalue weighted by Gasteiger charge is 2.39. The normalized spacial score (nSPS) is 14.2. The molecule has 1 rings (SSSR count). The number of rotatable bonds is 8. The molecule has 0 aliphatic heterocycles. The van der Waals surface area contributed by atoms with Crippen LogP contribution in [0, 0.1) is 0 Å². The molecule has 1 unspecified atom stereocenters. The van der Waals surface area contributed by atoms with Crippen molar-refractivity contribution in [1.29, 1.82) is 0 Å². The van der Waals surface area contributed by atoms with Crippen molar-refractivity contribution in [3.8, 4) is 5.75 Å². The van der Waals surface area contributed by atoms with Crippen LogP contribution in [0.3, 0.4) is 0 Å². The number of hydrogen-bond donors (Lipinski definition) is 0. The monoisotopic (exact) mass is 386 g/mol. The summed E-state index contributed by atoms with van der Waals surface area (Å²) in [5, 5.41) is 0.121. The van der Waals surface area contributed by atoms with Crippen LogP contribution in [0.2, 0.25) is 18.1 Å². The van der Waals surface area contributed by atoms with Crippen molar-refractivity contribution >= 4 is 21.7 Å². The summed E-state index contributed by atoms with van der Waals surface area (Å²) >= 11 is 0. The van der Waals surface area contributed by atoms with Gasteiger partial charge in [0.25, 0.3) is 0 Å². The van der Waals surface area contributed by atoms with Gasteiger partial charge in [-0.25, -0.2) is 0 Å². The van der Waals surface area contributed by atoms with E-state index in [-0.39, 0.29) is 22.9 Å². The van der Waals surface area contributed by atoms with E-state index in [0.29, 0.717) is 0 Å². The molecule has 0 saturated carbocycles. The molecule has 0 saturated heterocycles. The van der Waals surface area contributed by atoms with E-state index in [1.807, 2.05) is 24.3 Å². The minimum atomic E-state index is -3.34. The standard InChI is InChI=1S/C18H31O5PSi/c1-14(17(19)13-24(20,21-5)22-6)15-9-11-16(12-10-15)23-25(7,8)18(2,3)4/h9-12,14H,13H2,1-8H3. The van der Waals surface area contributed by atoms with Crippen LogP contribution < -0.4 is 4.43 Å². The fourth-order valence-corrected chi connectivity index (χ4v) is 4.08. The van der Waals surface area contributed by atoms with Crippen molar-refractivity contribution in [2.75, 3.05) is 20.4 Å². The molecular formula is C18H31O5PSi. The third kappa shape index (κ3) is 5.78. The molecule has 1 aromatic carbocycles. The van der Waals surface area contributed by atoms with E-state index in [1.165, 1.54) is 14.2 Å². The van der Waals surface area contributed by atoms with Gasteiger partial charge < -0.3 is 13.5 Å². The van der Waals surface area contributed by atoms with Crippen LogP contribution in [0.25, 0.3) is 0 Å². The molecular weight excluding hydrogens is 355 g/mol. The average Bonchev–Trinajstić information content (AvgIpc) is 2.53. The lowest BCUT2D eigenvalue weighted by atomic mass is 9.98. The Labute approximate surface area is 152 Å². The van der Waals surface area contributed by atoms with Crippen LogP contribution in [0.5, 0.6) is 5.75 Å². The molecule has 0 aromatic heterocycles. The first kappa shape index (κ1) is 22.1. The molecule has 1 atom stereocenters. The molecule has 0 fully saturated rings. The molecule has 1 aromatic rings. The van der Waals surface area contributed by atoms with Crippen molar-refractivity contribution in [2.45, 2.75) is 51.7 Å². The molecule has 0 aliphatic carbocycles. The molecule has 0 radical (unpaired) electrons. The third-order valence-electron chi connectivity index (χ3n) is 4.95. The van der Waals surface area contributed by atoms with Gasteiger partial charge in [-0.1, -0.05) is 39.8 Å². The quantitative estimate of drug-likeness (QED) is 0.452. The zero-order chi connectivity index (χ0) is 19.5. The maximum absolute atomic E-state index is 12.4. The lowest BCUT2D eigenvalue weighted by Gasteiger charge is -2.36. The number of carbonyl (C=O) groups is 1. The molecule has 0 bridgehead atoms. The van der Waals surface area contributed by atoms with Crippen molar-refractivity contribution < 1.29 is 22.8 Å². The van der Waals surface area contributed by atoms with E-state index in [4.69, 9.17) is 13.5 Å². The summed E-state index contributed by atoms with van der Waals surface area (Å²) in [5.74, 6) is 0.250. The topological polar surface area (TPSA) is 61.8 Å². The zero-order valence-corrected chi connectivity index (χ0v) is 18.5. The molecule has 7 heteroatoms. The van der Waals surface area contributed by atoms with E-state index >= 15 is 0 Å². The second-order valence-electron chi connectivity index (χ2n) is 7.75. The van der Waals surface area contributed by atoms with Crippen LogP contribution in [0.4, 0.5) is 0 Å². The Kier molecular flexibility index (Phi) is 7.22. The lowest BCUT2D eigenvalue weighted by molar-refractivity contribution is -0.118. The summed E-state index contributed by atoms with van der Waals surface area (Å²) in [6, 6.07) is 7.56. The second kappa shape index (κ2) is 8.17. The highest BCUT2D eigenvalue weighted by molar-refractivity contribution is 7.54. The van der Waals surface area contributed by atoms with Gasteiger partial charge in [0.05, 0.1) is 0 Å².